The van der Waals surface area contributed by atoms with Crippen molar-refractivity contribution >= 4 is 11.8 Å². The Morgan fingerprint density at radius 1 is 1.65 bits per heavy atom. The number of aryl methyl sites for hydroxylation is 1. The van der Waals surface area contributed by atoms with E-state index < -0.39 is 0 Å². The van der Waals surface area contributed by atoms with Crippen LogP contribution in [0.1, 0.15) is 18.4 Å². The van der Waals surface area contributed by atoms with Crippen LogP contribution in [0, 0.1) is 6.92 Å². The highest BCUT2D eigenvalue weighted by Gasteiger charge is 2.16. The number of hydrogen-bond acceptors (Lipinski definition) is 3. The Bertz CT molecular complexity index is 389. The van der Waals surface area contributed by atoms with Crippen LogP contribution < -0.4 is 10.6 Å². The Labute approximate surface area is 101 Å². The zero-order valence-corrected chi connectivity index (χ0v) is 9.90. The van der Waals surface area contributed by atoms with Crippen LogP contribution in [0.5, 0.6) is 0 Å². The van der Waals surface area contributed by atoms with Gasteiger partial charge in [0.2, 0.25) is 0 Å². The number of rotatable bonds is 3. The number of nitrogens with one attached hydrogen (secondary N) is 2. The van der Waals surface area contributed by atoms with E-state index in [1.165, 1.54) is 0 Å². The molecule has 2 rings (SSSR count). The van der Waals surface area contributed by atoms with Crippen molar-refractivity contribution in [2.45, 2.75) is 25.9 Å². The second kappa shape index (κ2) is 5.63. The van der Waals surface area contributed by atoms with Gasteiger partial charge >= 0.3 is 6.03 Å². The smallest absolute Gasteiger partial charge is 0.320 e. The summed E-state index contributed by atoms with van der Waals surface area (Å²) in [5.74, 6) is 0.595. The average Bonchev–Trinajstić information content (AvgIpc) is 2.82. The predicted molar refractivity (Wildman–Crippen MR) is 65.0 cm³/mol. The number of carbonyl (C=O) groups excluding carboxylic acids is 1. The molecule has 92 valence electrons. The molecule has 0 radical (unpaired) electrons. The molecule has 1 fully saturated rings. The van der Waals surface area contributed by atoms with E-state index in [0.717, 1.165) is 25.0 Å². The number of nitrogens with zero attached hydrogens (tertiary/aromatic N) is 1. The van der Waals surface area contributed by atoms with E-state index in [9.17, 15) is 4.79 Å². The highest BCUT2D eigenvalue weighted by Crippen LogP contribution is 2.11. The fourth-order valence-electron chi connectivity index (χ4n) is 1.78. The van der Waals surface area contributed by atoms with Crippen LogP contribution in [-0.2, 0) is 4.74 Å². The lowest BCUT2D eigenvalue weighted by molar-refractivity contribution is 0.112. The van der Waals surface area contributed by atoms with Crippen molar-refractivity contribution in [3.05, 3.63) is 23.9 Å². The molecule has 1 atom stereocenters. The van der Waals surface area contributed by atoms with Crippen LogP contribution in [0.25, 0.3) is 0 Å². The molecule has 2 heterocycles. The maximum absolute atomic E-state index is 11.6. The summed E-state index contributed by atoms with van der Waals surface area (Å²) >= 11 is 0. The molecule has 0 aliphatic carbocycles. The van der Waals surface area contributed by atoms with E-state index in [1.54, 1.807) is 6.20 Å². The van der Waals surface area contributed by atoms with Crippen LogP contribution in [0.2, 0.25) is 0 Å². The molecule has 0 aromatic carbocycles. The molecule has 2 amide bonds. The lowest BCUT2D eigenvalue weighted by atomic mass is 10.2. The van der Waals surface area contributed by atoms with Gasteiger partial charge in [-0.1, -0.05) is 6.07 Å². The van der Waals surface area contributed by atoms with Gasteiger partial charge in [-0.3, -0.25) is 5.32 Å². The van der Waals surface area contributed by atoms with E-state index in [2.05, 4.69) is 15.6 Å². The standard InChI is InChI=1S/C12H17N3O2/c1-9-4-2-6-13-11(9)15-12(16)14-8-10-5-3-7-17-10/h2,4,6,10H,3,5,7-8H2,1H3,(H2,13,14,15,16)/t10-/m1/s1. The van der Waals surface area contributed by atoms with Crippen molar-refractivity contribution in [3.63, 3.8) is 0 Å². The molecule has 5 heteroatoms. The highest BCUT2D eigenvalue weighted by atomic mass is 16.5. The van der Waals surface area contributed by atoms with Crippen LogP contribution in [-0.4, -0.2) is 30.3 Å². The van der Waals surface area contributed by atoms with Crippen molar-refractivity contribution in [1.29, 1.82) is 0 Å². The number of aromatic nitrogens is 1. The largest absolute Gasteiger partial charge is 0.376 e. The number of hydrogen-bond donors (Lipinski definition) is 2. The lowest BCUT2D eigenvalue weighted by Gasteiger charge is -2.12. The Morgan fingerprint density at radius 2 is 2.53 bits per heavy atom. The van der Waals surface area contributed by atoms with Crippen LogP contribution in [0.4, 0.5) is 10.6 Å². The van der Waals surface area contributed by atoms with Crippen LogP contribution in [0.15, 0.2) is 18.3 Å². The van der Waals surface area contributed by atoms with E-state index >= 15 is 0 Å². The van der Waals surface area contributed by atoms with Gasteiger partial charge in [-0.15, -0.1) is 0 Å². The van der Waals surface area contributed by atoms with Gasteiger partial charge in [0.15, 0.2) is 0 Å². The normalized spacial score (nSPS) is 19.0. The first-order valence-corrected chi connectivity index (χ1v) is 5.84. The van der Waals surface area contributed by atoms with E-state index in [-0.39, 0.29) is 12.1 Å². The van der Waals surface area contributed by atoms with Crippen molar-refractivity contribution in [2.24, 2.45) is 0 Å². The van der Waals surface area contributed by atoms with Crippen molar-refractivity contribution in [1.82, 2.24) is 10.3 Å². The third-order valence-corrected chi connectivity index (χ3v) is 2.76. The Balaban J connectivity index is 1.79. The van der Waals surface area contributed by atoms with Crippen molar-refractivity contribution in [2.75, 3.05) is 18.5 Å². The van der Waals surface area contributed by atoms with Gasteiger partial charge in [-0.2, -0.15) is 0 Å². The highest BCUT2D eigenvalue weighted by molar-refractivity contribution is 5.88. The molecule has 1 saturated heterocycles. The zero-order valence-electron chi connectivity index (χ0n) is 9.90. The number of anilines is 1. The monoisotopic (exact) mass is 235 g/mol. The SMILES string of the molecule is Cc1cccnc1NC(=O)NC[C@H]1CCCO1. The summed E-state index contributed by atoms with van der Waals surface area (Å²) in [5.41, 5.74) is 0.944. The molecular weight excluding hydrogens is 218 g/mol. The molecule has 5 nitrogen and oxygen atoms in total. The molecule has 17 heavy (non-hydrogen) atoms. The first-order valence-electron chi connectivity index (χ1n) is 5.84. The maximum atomic E-state index is 11.6. The van der Waals surface area contributed by atoms with Crippen LogP contribution in [0.3, 0.4) is 0 Å². The molecule has 2 N–H and O–H groups in total. The number of ether oxygens (including phenoxy) is 1. The lowest BCUT2D eigenvalue weighted by Crippen LogP contribution is -2.35. The molecular formula is C12H17N3O2. The van der Waals surface area contributed by atoms with Crippen molar-refractivity contribution < 1.29 is 9.53 Å². The van der Waals surface area contributed by atoms with Gasteiger partial charge in [0, 0.05) is 19.3 Å². The summed E-state index contributed by atoms with van der Waals surface area (Å²) < 4.78 is 5.42. The third kappa shape index (κ3) is 3.42. The Morgan fingerprint density at radius 3 is 3.24 bits per heavy atom. The van der Waals surface area contributed by atoms with Gasteiger partial charge in [-0.25, -0.2) is 9.78 Å². The van der Waals surface area contributed by atoms with Gasteiger partial charge in [0.05, 0.1) is 6.10 Å². The van der Waals surface area contributed by atoms with Crippen LogP contribution >= 0.6 is 0 Å². The number of urea groups is 1. The fraction of sp³-hybridized carbons (Fsp3) is 0.500. The number of carbonyl (C=O) groups is 1. The minimum Gasteiger partial charge on any atom is -0.376 e. The van der Waals surface area contributed by atoms with Gasteiger partial charge in [-0.05, 0) is 31.4 Å². The van der Waals surface area contributed by atoms with Crippen molar-refractivity contribution in [3.8, 4) is 0 Å². The fourth-order valence-corrected chi connectivity index (χ4v) is 1.78. The molecule has 1 aliphatic rings. The van der Waals surface area contributed by atoms with E-state index in [1.807, 2.05) is 19.1 Å². The van der Waals surface area contributed by atoms with E-state index in [0.29, 0.717) is 12.4 Å². The summed E-state index contributed by atoms with van der Waals surface area (Å²) in [5, 5.41) is 5.50. The minimum absolute atomic E-state index is 0.158. The Hall–Kier alpha value is -1.62. The molecule has 0 bridgehead atoms. The summed E-state index contributed by atoms with van der Waals surface area (Å²) in [6.07, 6.45) is 3.91. The predicted octanol–water partition coefficient (Wildman–Crippen LogP) is 1.69. The Kier molecular flexibility index (Phi) is 3.93. The third-order valence-electron chi connectivity index (χ3n) is 2.76. The summed E-state index contributed by atoms with van der Waals surface area (Å²) in [6.45, 7) is 3.26. The molecule has 0 unspecified atom stereocenters. The van der Waals surface area contributed by atoms with Gasteiger partial charge in [0.1, 0.15) is 5.82 Å². The van der Waals surface area contributed by atoms with Gasteiger partial charge < -0.3 is 10.1 Å². The summed E-state index contributed by atoms with van der Waals surface area (Å²) in [4.78, 5) is 15.7. The average molecular weight is 235 g/mol. The number of pyridine rings is 1. The molecule has 0 spiro atoms. The first kappa shape index (κ1) is 11.9. The zero-order chi connectivity index (χ0) is 12.1. The quantitative estimate of drug-likeness (QED) is 0.838. The minimum atomic E-state index is -0.234. The topological polar surface area (TPSA) is 63.2 Å². The summed E-state index contributed by atoms with van der Waals surface area (Å²) in [6, 6.07) is 3.51. The summed E-state index contributed by atoms with van der Waals surface area (Å²) in [7, 11) is 0. The van der Waals surface area contributed by atoms with E-state index in [4.69, 9.17) is 4.74 Å². The molecule has 1 aromatic heterocycles. The second-order valence-electron chi connectivity index (χ2n) is 4.14. The first-order chi connectivity index (χ1) is 8.25. The molecule has 0 saturated carbocycles. The maximum Gasteiger partial charge on any atom is 0.320 e. The number of amides is 2. The second-order valence-corrected chi connectivity index (χ2v) is 4.14. The molecule has 1 aliphatic heterocycles. The van der Waals surface area contributed by atoms with Gasteiger partial charge in [0.25, 0.3) is 0 Å². The molecule has 1 aromatic rings.